The minimum atomic E-state index is -0.787. The maximum atomic E-state index is 14.2. The summed E-state index contributed by atoms with van der Waals surface area (Å²) < 4.78 is 20.7. The summed E-state index contributed by atoms with van der Waals surface area (Å²) in [6, 6.07) is 8.15. The molecule has 2 aromatic rings. The lowest BCUT2D eigenvalue weighted by molar-refractivity contribution is -0.134. The molecule has 0 bridgehead atoms. The average Bonchev–Trinajstić information content (AvgIpc) is 3.14. The molecule has 0 N–H and O–H groups in total. The molecule has 0 spiro atoms. The zero-order valence-electron chi connectivity index (χ0n) is 17.0. The fourth-order valence-electron chi connectivity index (χ4n) is 3.88. The number of likely N-dealkylation sites (tertiary alicyclic amines) is 1. The number of nitrogens with zero attached hydrogens (tertiary/aromatic N) is 3. The van der Waals surface area contributed by atoms with Crippen molar-refractivity contribution in [3.05, 3.63) is 58.4 Å². The zero-order valence-corrected chi connectivity index (χ0v) is 17.0. The molecular formula is C22H28FN3O2. The number of alkyl halides is 1. The van der Waals surface area contributed by atoms with Crippen LogP contribution in [0, 0.1) is 13.8 Å². The van der Waals surface area contributed by atoms with E-state index in [2.05, 4.69) is 21.7 Å². The molecule has 0 radical (unpaired) electrons. The number of benzene rings is 1. The number of ether oxygens (including phenoxy) is 1. The maximum absolute atomic E-state index is 14.2. The molecule has 2 heterocycles. The third-order valence-corrected chi connectivity index (χ3v) is 5.55. The average molecular weight is 385 g/mol. The summed E-state index contributed by atoms with van der Waals surface area (Å²) in [7, 11) is 3.31. The highest BCUT2D eigenvalue weighted by Gasteiger charge is 2.33. The molecule has 28 heavy (non-hydrogen) atoms. The minimum absolute atomic E-state index is 0.176. The van der Waals surface area contributed by atoms with Crippen LogP contribution >= 0.6 is 0 Å². The second kappa shape index (κ2) is 8.69. The molecule has 1 aliphatic rings. The molecule has 0 saturated carbocycles. The predicted molar refractivity (Wildman–Crippen MR) is 108 cm³/mol. The number of methoxy groups -OCH3 is 1. The summed E-state index contributed by atoms with van der Waals surface area (Å²) in [5.74, 6) is -0.376. The second-order valence-electron chi connectivity index (χ2n) is 7.49. The van der Waals surface area contributed by atoms with Gasteiger partial charge in [-0.1, -0.05) is 24.3 Å². The molecule has 3 rings (SSSR count). The molecule has 1 fully saturated rings. The number of aryl methyl sites for hydroxylation is 2. The first-order valence-corrected chi connectivity index (χ1v) is 9.59. The van der Waals surface area contributed by atoms with Crippen molar-refractivity contribution in [2.45, 2.75) is 45.4 Å². The fraction of sp³-hybridized carbons (Fsp3) is 0.455. The first kappa shape index (κ1) is 20.3. The van der Waals surface area contributed by atoms with Crippen LogP contribution in [0.4, 0.5) is 4.39 Å². The minimum Gasteiger partial charge on any atom is -0.466 e. The van der Waals surface area contributed by atoms with E-state index in [1.165, 1.54) is 18.7 Å². The first-order chi connectivity index (χ1) is 13.4. The van der Waals surface area contributed by atoms with Crippen LogP contribution in [0.1, 0.15) is 34.5 Å². The number of hydrogen-bond donors (Lipinski definition) is 0. The summed E-state index contributed by atoms with van der Waals surface area (Å²) in [5, 5.41) is 4.49. The Bertz CT molecular complexity index is 857. The monoisotopic (exact) mass is 385 g/mol. The predicted octanol–water partition coefficient (Wildman–Crippen LogP) is 3.38. The summed E-state index contributed by atoms with van der Waals surface area (Å²) >= 11 is 0. The number of carbonyl (C=O) groups excluding carboxylic acids is 1. The third-order valence-electron chi connectivity index (χ3n) is 5.55. The largest absolute Gasteiger partial charge is 0.466 e. The van der Waals surface area contributed by atoms with Gasteiger partial charge in [-0.3, -0.25) is 9.58 Å². The van der Waals surface area contributed by atoms with Gasteiger partial charge in [0.05, 0.1) is 12.8 Å². The third kappa shape index (κ3) is 4.68. The normalized spacial score (nSPS) is 20.2. The number of rotatable bonds is 6. The topological polar surface area (TPSA) is 47.4 Å². The van der Waals surface area contributed by atoms with Crippen LogP contribution in [0.5, 0.6) is 0 Å². The number of carbonyl (C=O) groups is 1. The number of halogens is 1. The van der Waals surface area contributed by atoms with Gasteiger partial charge in [-0.25, -0.2) is 9.18 Å². The molecule has 1 aromatic carbocycles. The highest BCUT2D eigenvalue weighted by atomic mass is 19.1. The molecule has 5 nitrogen and oxygen atoms in total. The van der Waals surface area contributed by atoms with E-state index in [1.807, 2.05) is 42.9 Å². The Balaban J connectivity index is 1.68. The Kier molecular flexibility index (Phi) is 6.29. The molecule has 1 aromatic heterocycles. The van der Waals surface area contributed by atoms with Crippen molar-refractivity contribution < 1.29 is 13.9 Å². The molecule has 2 atom stereocenters. The zero-order chi connectivity index (χ0) is 20.3. The van der Waals surface area contributed by atoms with Crippen molar-refractivity contribution in [1.82, 2.24) is 14.7 Å². The first-order valence-electron chi connectivity index (χ1n) is 9.59. The van der Waals surface area contributed by atoms with E-state index < -0.39 is 6.17 Å². The Morgan fingerprint density at radius 2 is 2.04 bits per heavy atom. The molecule has 6 heteroatoms. The fourth-order valence-corrected chi connectivity index (χ4v) is 3.88. The molecule has 1 aliphatic heterocycles. The summed E-state index contributed by atoms with van der Waals surface area (Å²) in [5.41, 5.74) is 5.48. The van der Waals surface area contributed by atoms with E-state index in [4.69, 9.17) is 0 Å². The lowest BCUT2D eigenvalue weighted by Gasteiger charge is -2.24. The van der Waals surface area contributed by atoms with Crippen molar-refractivity contribution in [2.75, 3.05) is 13.7 Å². The van der Waals surface area contributed by atoms with Crippen molar-refractivity contribution in [1.29, 1.82) is 0 Å². The number of hydrogen-bond acceptors (Lipinski definition) is 4. The molecular weight excluding hydrogens is 357 g/mol. The van der Waals surface area contributed by atoms with Crippen LogP contribution in [0.2, 0.25) is 0 Å². The van der Waals surface area contributed by atoms with E-state index in [0.717, 1.165) is 28.9 Å². The van der Waals surface area contributed by atoms with Gasteiger partial charge >= 0.3 is 5.97 Å². The van der Waals surface area contributed by atoms with Crippen LogP contribution in [0.3, 0.4) is 0 Å². The summed E-state index contributed by atoms with van der Waals surface area (Å²) in [6.07, 6.45) is 3.72. The van der Waals surface area contributed by atoms with E-state index >= 15 is 0 Å². The Morgan fingerprint density at radius 3 is 2.64 bits per heavy atom. The quantitative estimate of drug-likeness (QED) is 0.565. The van der Waals surface area contributed by atoms with Crippen molar-refractivity contribution in [3.63, 3.8) is 0 Å². The van der Waals surface area contributed by atoms with Gasteiger partial charge in [-0.05, 0) is 49.5 Å². The van der Waals surface area contributed by atoms with Gasteiger partial charge in [0, 0.05) is 37.9 Å². The second-order valence-corrected chi connectivity index (χ2v) is 7.49. The van der Waals surface area contributed by atoms with Gasteiger partial charge in [0.15, 0.2) is 0 Å². The highest BCUT2D eigenvalue weighted by molar-refractivity contribution is 5.86. The number of esters is 1. The van der Waals surface area contributed by atoms with Gasteiger partial charge in [0.1, 0.15) is 6.17 Å². The highest BCUT2D eigenvalue weighted by Crippen LogP contribution is 2.27. The Morgan fingerprint density at radius 1 is 1.32 bits per heavy atom. The molecule has 1 saturated heterocycles. The van der Waals surface area contributed by atoms with Crippen molar-refractivity contribution in [2.24, 2.45) is 7.05 Å². The summed E-state index contributed by atoms with van der Waals surface area (Å²) in [6.45, 7) is 5.27. The van der Waals surface area contributed by atoms with Crippen LogP contribution in [0.25, 0.3) is 6.08 Å². The van der Waals surface area contributed by atoms with E-state index in [-0.39, 0.29) is 12.0 Å². The SMILES string of the molecule is COC(=O)C=Cc1ccc(CN2C[C@H](F)C[C@@H]2Cc2c(C)nn(C)c2C)cc1. The molecule has 0 aliphatic carbocycles. The van der Waals surface area contributed by atoms with E-state index in [9.17, 15) is 9.18 Å². The number of aromatic nitrogens is 2. The van der Waals surface area contributed by atoms with Crippen LogP contribution in [0.15, 0.2) is 30.3 Å². The van der Waals surface area contributed by atoms with E-state index in [0.29, 0.717) is 19.5 Å². The van der Waals surface area contributed by atoms with Crippen LogP contribution in [-0.4, -0.2) is 46.5 Å². The maximum Gasteiger partial charge on any atom is 0.330 e. The Labute approximate surface area is 165 Å². The molecule has 0 amide bonds. The Hall–Kier alpha value is -2.47. The van der Waals surface area contributed by atoms with Crippen LogP contribution < -0.4 is 0 Å². The van der Waals surface area contributed by atoms with Gasteiger partial charge in [0.25, 0.3) is 0 Å². The van der Waals surface area contributed by atoms with Gasteiger partial charge in [0.2, 0.25) is 0 Å². The van der Waals surface area contributed by atoms with Crippen molar-refractivity contribution >= 4 is 12.0 Å². The summed E-state index contributed by atoms with van der Waals surface area (Å²) in [4.78, 5) is 13.4. The lowest BCUT2D eigenvalue weighted by Crippen LogP contribution is -2.31. The standard InChI is InChI=1S/C22H28FN3O2/c1-15-21(16(2)25(3)24-15)12-20-11-19(23)14-26(20)13-18-7-5-17(6-8-18)9-10-22(27)28-4/h5-10,19-20H,11-14H2,1-4H3/t19-,20-/m1/s1. The van der Waals surface area contributed by atoms with Crippen LogP contribution in [-0.2, 0) is 29.5 Å². The van der Waals surface area contributed by atoms with Gasteiger partial charge in [-0.2, -0.15) is 5.10 Å². The van der Waals surface area contributed by atoms with E-state index in [1.54, 1.807) is 6.08 Å². The van der Waals surface area contributed by atoms with Crippen molar-refractivity contribution in [3.8, 4) is 0 Å². The molecule has 0 unspecified atom stereocenters. The smallest absolute Gasteiger partial charge is 0.330 e. The van der Waals surface area contributed by atoms with Gasteiger partial charge in [-0.15, -0.1) is 0 Å². The van der Waals surface area contributed by atoms with Gasteiger partial charge < -0.3 is 4.74 Å². The molecule has 150 valence electrons. The lowest BCUT2D eigenvalue weighted by atomic mass is 10.0.